The third-order valence-corrected chi connectivity index (χ3v) is 3.63. The molecule has 0 radical (unpaired) electrons. The minimum atomic E-state index is -0.938. The van der Waals surface area contributed by atoms with E-state index in [1.807, 2.05) is 0 Å². The predicted octanol–water partition coefficient (Wildman–Crippen LogP) is 3.55. The number of hydrogen-bond donors (Lipinski definition) is 1. The van der Waals surface area contributed by atoms with Gasteiger partial charge in [-0.2, -0.15) is 0 Å². The zero-order valence-electron chi connectivity index (χ0n) is 12.5. The molecule has 0 saturated carbocycles. The smallest absolute Gasteiger partial charge is 0.224 e. The van der Waals surface area contributed by atoms with Crippen molar-refractivity contribution in [3.8, 4) is 0 Å². The fourth-order valence-corrected chi connectivity index (χ4v) is 2.39. The van der Waals surface area contributed by atoms with Crippen molar-refractivity contribution in [2.45, 2.75) is 34.1 Å². The SMILES string of the molecule is CC(C)C(CNC(=O)Cc1cccc(F)c1F)C(C)C. The van der Waals surface area contributed by atoms with Gasteiger partial charge in [0.25, 0.3) is 0 Å². The number of benzene rings is 1. The highest BCUT2D eigenvalue weighted by Crippen LogP contribution is 2.19. The third kappa shape index (κ3) is 4.58. The van der Waals surface area contributed by atoms with Crippen molar-refractivity contribution in [2.24, 2.45) is 17.8 Å². The first kappa shape index (κ1) is 16.6. The molecule has 2 nitrogen and oxygen atoms in total. The van der Waals surface area contributed by atoms with Crippen LogP contribution in [0.5, 0.6) is 0 Å². The molecular weight excluding hydrogens is 260 g/mol. The van der Waals surface area contributed by atoms with Crippen LogP contribution in [-0.2, 0) is 11.2 Å². The minimum Gasteiger partial charge on any atom is -0.356 e. The molecule has 1 aromatic carbocycles. The number of hydrogen-bond acceptors (Lipinski definition) is 1. The normalized spacial score (nSPS) is 11.4. The van der Waals surface area contributed by atoms with Gasteiger partial charge >= 0.3 is 0 Å². The van der Waals surface area contributed by atoms with Crippen LogP contribution in [0.2, 0.25) is 0 Å². The summed E-state index contributed by atoms with van der Waals surface area (Å²) in [5.74, 6) is -0.844. The maximum Gasteiger partial charge on any atom is 0.224 e. The van der Waals surface area contributed by atoms with Crippen molar-refractivity contribution in [3.05, 3.63) is 35.4 Å². The van der Waals surface area contributed by atoms with Gasteiger partial charge in [0.2, 0.25) is 5.91 Å². The van der Waals surface area contributed by atoms with Gasteiger partial charge in [-0.3, -0.25) is 4.79 Å². The molecule has 0 bridgehead atoms. The number of carbonyl (C=O) groups is 1. The Morgan fingerprint density at radius 2 is 1.75 bits per heavy atom. The molecule has 0 aliphatic heterocycles. The zero-order valence-corrected chi connectivity index (χ0v) is 12.5. The second-order valence-electron chi connectivity index (χ2n) is 5.85. The first-order chi connectivity index (χ1) is 9.32. The summed E-state index contributed by atoms with van der Waals surface area (Å²) in [7, 11) is 0. The van der Waals surface area contributed by atoms with Crippen LogP contribution in [0.3, 0.4) is 0 Å². The van der Waals surface area contributed by atoms with E-state index in [0.29, 0.717) is 24.3 Å². The Balaban J connectivity index is 2.58. The second kappa shape index (κ2) is 7.36. The van der Waals surface area contributed by atoms with Gasteiger partial charge in [0, 0.05) is 12.1 Å². The number of carbonyl (C=O) groups excluding carboxylic acids is 1. The fourth-order valence-electron chi connectivity index (χ4n) is 2.39. The summed E-state index contributed by atoms with van der Waals surface area (Å²) in [6.07, 6.45) is -0.132. The Kier molecular flexibility index (Phi) is 6.11. The van der Waals surface area contributed by atoms with E-state index in [1.165, 1.54) is 12.1 Å². The highest BCUT2D eigenvalue weighted by Gasteiger charge is 2.19. The maximum absolute atomic E-state index is 13.5. The lowest BCUT2D eigenvalue weighted by molar-refractivity contribution is -0.120. The molecule has 1 amide bonds. The van der Waals surface area contributed by atoms with Crippen molar-refractivity contribution in [3.63, 3.8) is 0 Å². The lowest BCUT2D eigenvalue weighted by atomic mass is 9.85. The topological polar surface area (TPSA) is 29.1 Å². The van der Waals surface area contributed by atoms with Crippen LogP contribution in [0.15, 0.2) is 18.2 Å². The number of nitrogens with one attached hydrogen (secondary N) is 1. The summed E-state index contributed by atoms with van der Waals surface area (Å²) < 4.78 is 26.5. The highest BCUT2D eigenvalue weighted by atomic mass is 19.2. The molecule has 1 rings (SSSR count). The van der Waals surface area contributed by atoms with Crippen molar-refractivity contribution in [2.75, 3.05) is 6.54 Å². The molecule has 0 heterocycles. The molecule has 0 spiro atoms. The molecule has 1 aromatic rings. The van der Waals surface area contributed by atoms with Gasteiger partial charge in [0.05, 0.1) is 6.42 Å². The van der Waals surface area contributed by atoms with Gasteiger partial charge in [0.1, 0.15) is 0 Å². The molecule has 20 heavy (non-hydrogen) atoms. The van der Waals surface area contributed by atoms with Gasteiger partial charge in [-0.1, -0.05) is 39.8 Å². The van der Waals surface area contributed by atoms with Crippen molar-refractivity contribution >= 4 is 5.91 Å². The van der Waals surface area contributed by atoms with Crippen molar-refractivity contribution < 1.29 is 13.6 Å². The van der Waals surface area contributed by atoms with E-state index in [9.17, 15) is 13.6 Å². The average Bonchev–Trinajstić information content (AvgIpc) is 2.34. The second-order valence-corrected chi connectivity index (χ2v) is 5.85. The molecule has 0 atom stereocenters. The molecule has 1 N–H and O–H groups in total. The standard InChI is InChI=1S/C16H23F2NO/c1-10(2)13(11(3)4)9-19-15(20)8-12-6-5-7-14(17)16(12)18/h5-7,10-11,13H,8-9H2,1-4H3,(H,19,20). The van der Waals surface area contributed by atoms with E-state index in [0.717, 1.165) is 6.07 Å². The molecule has 4 heteroatoms. The van der Waals surface area contributed by atoms with E-state index in [2.05, 4.69) is 33.0 Å². The van der Waals surface area contributed by atoms with Crippen molar-refractivity contribution in [1.29, 1.82) is 0 Å². The quantitative estimate of drug-likeness (QED) is 0.850. The zero-order chi connectivity index (χ0) is 15.3. The van der Waals surface area contributed by atoms with Crippen LogP contribution in [0.25, 0.3) is 0 Å². The van der Waals surface area contributed by atoms with Crippen LogP contribution < -0.4 is 5.32 Å². The maximum atomic E-state index is 13.5. The Morgan fingerprint density at radius 1 is 1.15 bits per heavy atom. The van der Waals surface area contributed by atoms with Gasteiger partial charge in [-0.05, 0) is 23.8 Å². The Labute approximate surface area is 119 Å². The molecule has 0 aliphatic carbocycles. The molecule has 112 valence electrons. The van der Waals surface area contributed by atoms with Crippen LogP contribution in [-0.4, -0.2) is 12.5 Å². The molecule has 0 aliphatic rings. The third-order valence-electron chi connectivity index (χ3n) is 3.63. The lowest BCUT2D eigenvalue weighted by Gasteiger charge is -2.25. The van der Waals surface area contributed by atoms with E-state index < -0.39 is 11.6 Å². The molecule has 0 saturated heterocycles. The summed E-state index contributed by atoms with van der Waals surface area (Å²) in [5, 5.41) is 2.81. The van der Waals surface area contributed by atoms with Crippen LogP contribution >= 0.6 is 0 Å². The average molecular weight is 283 g/mol. The fraction of sp³-hybridized carbons (Fsp3) is 0.562. The van der Waals surface area contributed by atoms with E-state index in [4.69, 9.17) is 0 Å². The van der Waals surface area contributed by atoms with E-state index >= 15 is 0 Å². The van der Waals surface area contributed by atoms with Crippen LogP contribution in [0.1, 0.15) is 33.3 Å². The summed E-state index contributed by atoms with van der Waals surface area (Å²) in [6, 6.07) is 3.89. The van der Waals surface area contributed by atoms with Gasteiger partial charge in [-0.25, -0.2) is 8.78 Å². The van der Waals surface area contributed by atoms with Gasteiger partial charge in [-0.15, -0.1) is 0 Å². The van der Waals surface area contributed by atoms with E-state index in [-0.39, 0.29) is 17.9 Å². The summed E-state index contributed by atoms with van der Waals surface area (Å²) in [5.41, 5.74) is 0.0909. The van der Waals surface area contributed by atoms with Crippen LogP contribution in [0.4, 0.5) is 8.78 Å². The largest absolute Gasteiger partial charge is 0.356 e. The van der Waals surface area contributed by atoms with Gasteiger partial charge in [0.15, 0.2) is 11.6 Å². The molecular formula is C16H23F2NO. The summed E-state index contributed by atoms with van der Waals surface area (Å²) in [4.78, 5) is 11.8. The summed E-state index contributed by atoms with van der Waals surface area (Å²) >= 11 is 0. The predicted molar refractivity (Wildman–Crippen MR) is 76.2 cm³/mol. The number of halogens is 2. The lowest BCUT2D eigenvalue weighted by Crippen LogP contribution is -2.34. The monoisotopic (exact) mass is 283 g/mol. The minimum absolute atomic E-state index is 0.0909. The van der Waals surface area contributed by atoms with E-state index in [1.54, 1.807) is 0 Å². The van der Waals surface area contributed by atoms with Crippen LogP contribution in [0, 0.1) is 29.4 Å². The first-order valence-corrected chi connectivity index (χ1v) is 7.02. The number of rotatable bonds is 6. The molecule has 0 unspecified atom stereocenters. The van der Waals surface area contributed by atoms with Gasteiger partial charge < -0.3 is 5.32 Å². The highest BCUT2D eigenvalue weighted by molar-refractivity contribution is 5.78. The Morgan fingerprint density at radius 3 is 2.30 bits per heavy atom. The molecule has 0 aromatic heterocycles. The summed E-state index contributed by atoms with van der Waals surface area (Å²) in [6.45, 7) is 9.02. The Bertz CT molecular complexity index is 450. The number of amides is 1. The first-order valence-electron chi connectivity index (χ1n) is 7.02. The molecule has 0 fully saturated rings. The Hall–Kier alpha value is -1.45. The van der Waals surface area contributed by atoms with Crippen molar-refractivity contribution in [1.82, 2.24) is 5.32 Å².